The number of aryl methyl sites for hydroxylation is 1. The van der Waals surface area contributed by atoms with Crippen molar-refractivity contribution >= 4 is 16.9 Å². The minimum absolute atomic E-state index is 0.140. The van der Waals surface area contributed by atoms with Crippen molar-refractivity contribution in [2.75, 3.05) is 13.7 Å². The Balaban J connectivity index is 1.44. The van der Waals surface area contributed by atoms with Crippen molar-refractivity contribution in [3.8, 4) is 5.75 Å². The van der Waals surface area contributed by atoms with E-state index in [0.29, 0.717) is 36.4 Å². The van der Waals surface area contributed by atoms with Gasteiger partial charge < -0.3 is 14.6 Å². The number of hydrogen-bond acceptors (Lipinski definition) is 3. The second-order valence-electron chi connectivity index (χ2n) is 7.29. The van der Waals surface area contributed by atoms with E-state index in [4.69, 9.17) is 9.72 Å². The number of aromatic nitrogens is 2. The molecule has 5 nitrogen and oxygen atoms in total. The number of rotatable bonds is 8. The molecule has 0 aliphatic rings. The highest BCUT2D eigenvalue weighted by atomic mass is 19.1. The molecular weight excluding hydrogens is 393 g/mol. The van der Waals surface area contributed by atoms with E-state index in [1.165, 1.54) is 6.07 Å². The molecule has 6 heteroatoms. The van der Waals surface area contributed by atoms with Crippen LogP contribution in [0.25, 0.3) is 11.0 Å². The lowest BCUT2D eigenvalue weighted by molar-refractivity contribution is 0.0953. The van der Waals surface area contributed by atoms with Gasteiger partial charge in [0.2, 0.25) is 0 Å². The van der Waals surface area contributed by atoms with Gasteiger partial charge in [0.25, 0.3) is 5.91 Å². The van der Waals surface area contributed by atoms with Crippen molar-refractivity contribution in [3.05, 3.63) is 95.6 Å². The third-order valence-electron chi connectivity index (χ3n) is 5.21. The van der Waals surface area contributed by atoms with E-state index in [9.17, 15) is 9.18 Å². The van der Waals surface area contributed by atoms with E-state index in [1.54, 1.807) is 43.5 Å². The van der Waals surface area contributed by atoms with Crippen LogP contribution in [0.2, 0.25) is 0 Å². The number of nitrogens with zero attached hydrogens (tertiary/aromatic N) is 2. The maximum absolute atomic E-state index is 14.2. The second kappa shape index (κ2) is 9.43. The van der Waals surface area contributed by atoms with E-state index in [1.807, 2.05) is 30.3 Å². The van der Waals surface area contributed by atoms with E-state index in [0.717, 1.165) is 23.3 Å². The molecule has 0 aliphatic carbocycles. The number of methoxy groups -OCH3 is 1. The molecule has 0 aliphatic heterocycles. The highest BCUT2D eigenvalue weighted by molar-refractivity contribution is 5.94. The smallest absolute Gasteiger partial charge is 0.251 e. The number of nitrogens with one attached hydrogen (secondary N) is 1. The lowest BCUT2D eigenvalue weighted by Crippen LogP contribution is -2.25. The number of ether oxygens (including phenoxy) is 1. The average molecular weight is 417 g/mol. The van der Waals surface area contributed by atoms with Crippen molar-refractivity contribution in [1.29, 1.82) is 0 Å². The molecule has 1 amide bonds. The van der Waals surface area contributed by atoms with Crippen LogP contribution in [0.4, 0.5) is 4.39 Å². The Morgan fingerprint density at radius 3 is 2.71 bits per heavy atom. The SMILES string of the molecule is COc1cccc(C(=O)NCCCc2nc3ccccc3n2Cc2ccccc2F)c1. The van der Waals surface area contributed by atoms with Gasteiger partial charge in [0.05, 0.1) is 24.7 Å². The van der Waals surface area contributed by atoms with Crippen LogP contribution in [0.1, 0.15) is 28.2 Å². The summed E-state index contributed by atoms with van der Waals surface area (Å²) >= 11 is 0. The topological polar surface area (TPSA) is 56.1 Å². The lowest BCUT2D eigenvalue weighted by Gasteiger charge is -2.11. The zero-order valence-corrected chi connectivity index (χ0v) is 17.3. The van der Waals surface area contributed by atoms with Crippen LogP contribution >= 0.6 is 0 Å². The lowest BCUT2D eigenvalue weighted by atomic mass is 10.2. The first-order chi connectivity index (χ1) is 15.2. The highest BCUT2D eigenvalue weighted by Crippen LogP contribution is 2.20. The van der Waals surface area contributed by atoms with E-state index >= 15 is 0 Å². The van der Waals surface area contributed by atoms with Crippen molar-refractivity contribution in [3.63, 3.8) is 0 Å². The third-order valence-corrected chi connectivity index (χ3v) is 5.21. The van der Waals surface area contributed by atoms with Crippen LogP contribution in [0.15, 0.2) is 72.8 Å². The van der Waals surface area contributed by atoms with Gasteiger partial charge in [-0.05, 0) is 42.8 Å². The summed E-state index contributed by atoms with van der Waals surface area (Å²) < 4.78 is 21.5. The molecule has 1 aromatic heterocycles. The summed E-state index contributed by atoms with van der Waals surface area (Å²) in [4.78, 5) is 17.1. The monoisotopic (exact) mass is 417 g/mol. The fourth-order valence-corrected chi connectivity index (χ4v) is 3.60. The van der Waals surface area contributed by atoms with Gasteiger partial charge in [-0.1, -0.05) is 36.4 Å². The third kappa shape index (κ3) is 4.74. The van der Waals surface area contributed by atoms with Gasteiger partial charge in [-0.3, -0.25) is 4.79 Å². The maximum atomic E-state index is 14.2. The molecule has 0 fully saturated rings. The number of amides is 1. The Morgan fingerprint density at radius 1 is 1.06 bits per heavy atom. The van der Waals surface area contributed by atoms with Gasteiger partial charge in [0.15, 0.2) is 0 Å². The summed E-state index contributed by atoms with van der Waals surface area (Å²) in [5.74, 6) is 1.16. The Morgan fingerprint density at radius 2 is 1.87 bits per heavy atom. The molecule has 0 bridgehead atoms. The van der Waals surface area contributed by atoms with Crippen LogP contribution in [-0.2, 0) is 13.0 Å². The molecule has 0 spiro atoms. The first-order valence-corrected chi connectivity index (χ1v) is 10.3. The molecule has 4 rings (SSSR count). The van der Waals surface area contributed by atoms with Crippen molar-refractivity contribution in [2.24, 2.45) is 0 Å². The van der Waals surface area contributed by atoms with Gasteiger partial charge in [0.1, 0.15) is 17.4 Å². The molecule has 4 aromatic rings. The fourth-order valence-electron chi connectivity index (χ4n) is 3.60. The molecule has 0 radical (unpaired) electrons. The quantitative estimate of drug-likeness (QED) is 0.427. The first kappa shape index (κ1) is 20.6. The minimum Gasteiger partial charge on any atom is -0.497 e. The van der Waals surface area contributed by atoms with Crippen molar-refractivity contribution < 1.29 is 13.9 Å². The predicted octanol–water partition coefficient (Wildman–Crippen LogP) is 4.59. The number of carbonyl (C=O) groups is 1. The van der Waals surface area contributed by atoms with Crippen LogP contribution in [0.3, 0.4) is 0 Å². The van der Waals surface area contributed by atoms with E-state index in [-0.39, 0.29) is 11.7 Å². The van der Waals surface area contributed by atoms with Gasteiger partial charge in [-0.2, -0.15) is 0 Å². The number of halogens is 1. The van der Waals surface area contributed by atoms with Crippen LogP contribution in [0, 0.1) is 5.82 Å². The molecular formula is C25H24FN3O2. The number of imidazole rings is 1. The Bertz CT molecular complexity index is 1200. The largest absolute Gasteiger partial charge is 0.497 e. The summed E-state index contributed by atoms with van der Waals surface area (Å²) in [5.41, 5.74) is 3.04. The second-order valence-corrected chi connectivity index (χ2v) is 7.29. The first-order valence-electron chi connectivity index (χ1n) is 10.3. The van der Waals surface area contributed by atoms with E-state index in [2.05, 4.69) is 9.88 Å². The Hall–Kier alpha value is -3.67. The predicted molar refractivity (Wildman–Crippen MR) is 119 cm³/mol. The van der Waals surface area contributed by atoms with Crippen LogP contribution in [-0.4, -0.2) is 29.1 Å². The summed E-state index contributed by atoms with van der Waals surface area (Å²) in [5, 5.41) is 2.94. The molecule has 31 heavy (non-hydrogen) atoms. The molecule has 3 aromatic carbocycles. The molecule has 1 heterocycles. The Kier molecular flexibility index (Phi) is 6.26. The van der Waals surface area contributed by atoms with Crippen molar-refractivity contribution in [1.82, 2.24) is 14.9 Å². The molecule has 1 N–H and O–H groups in total. The van der Waals surface area contributed by atoms with Crippen molar-refractivity contribution in [2.45, 2.75) is 19.4 Å². The minimum atomic E-state index is -0.225. The van der Waals surface area contributed by atoms with Crippen LogP contribution < -0.4 is 10.1 Å². The zero-order valence-electron chi connectivity index (χ0n) is 17.3. The highest BCUT2D eigenvalue weighted by Gasteiger charge is 2.13. The average Bonchev–Trinajstić information content (AvgIpc) is 3.15. The van der Waals surface area contributed by atoms with Crippen LogP contribution in [0.5, 0.6) is 5.75 Å². The molecule has 0 saturated carbocycles. The molecule has 0 saturated heterocycles. The molecule has 0 unspecified atom stereocenters. The normalized spacial score (nSPS) is 10.9. The van der Waals surface area contributed by atoms with E-state index < -0.39 is 0 Å². The summed E-state index contributed by atoms with van der Waals surface area (Å²) in [6.07, 6.45) is 1.39. The Labute approximate surface area is 180 Å². The van der Waals surface area contributed by atoms with Gasteiger partial charge in [0, 0.05) is 24.1 Å². The number of fused-ring (bicyclic) bond motifs is 1. The van der Waals surface area contributed by atoms with Gasteiger partial charge >= 0.3 is 0 Å². The number of hydrogen-bond donors (Lipinski definition) is 1. The molecule has 0 atom stereocenters. The van der Waals surface area contributed by atoms with Gasteiger partial charge in [-0.25, -0.2) is 9.37 Å². The maximum Gasteiger partial charge on any atom is 0.251 e. The summed E-state index contributed by atoms with van der Waals surface area (Å²) in [7, 11) is 1.57. The number of carbonyl (C=O) groups excluding carboxylic acids is 1. The number of para-hydroxylation sites is 2. The zero-order chi connectivity index (χ0) is 21.6. The standard InChI is InChI=1S/C25H24FN3O2/c1-31-20-10-6-9-18(16-20)25(30)27-15-7-14-24-28-22-12-4-5-13-23(22)29(24)17-19-8-2-3-11-21(19)26/h2-6,8-13,16H,7,14-15,17H2,1H3,(H,27,30). The summed E-state index contributed by atoms with van der Waals surface area (Å²) in [6, 6.07) is 21.7. The number of benzene rings is 3. The fraction of sp³-hybridized carbons (Fsp3) is 0.200. The van der Waals surface area contributed by atoms with Gasteiger partial charge in [-0.15, -0.1) is 0 Å². The molecule has 158 valence electrons. The summed E-state index contributed by atoms with van der Waals surface area (Å²) in [6.45, 7) is 0.928.